The first kappa shape index (κ1) is 28.7. The maximum atomic E-state index is 12.7. The molecule has 0 spiro atoms. The summed E-state index contributed by atoms with van der Waals surface area (Å²) >= 11 is 1.48. The van der Waals surface area contributed by atoms with Crippen LogP contribution in [0.1, 0.15) is 59.2 Å². The number of rotatable bonds is 5. The van der Waals surface area contributed by atoms with Crippen LogP contribution in [0.3, 0.4) is 0 Å². The molecule has 0 unspecified atom stereocenters. The fourth-order valence-corrected chi connectivity index (χ4v) is 5.10. The number of aromatic nitrogens is 2. The van der Waals surface area contributed by atoms with Crippen LogP contribution >= 0.6 is 11.3 Å². The predicted molar refractivity (Wildman–Crippen MR) is 161 cm³/mol. The molecule has 38 heavy (non-hydrogen) atoms. The summed E-state index contributed by atoms with van der Waals surface area (Å²) in [5.41, 5.74) is 6.42. The Labute approximate surface area is 229 Å². The fraction of sp³-hybridized carbons (Fsp3) is 0.242. The van der Waals surface area contributed by atoms with E-state index in [0.717, 1.165) is 26.5 Å². The lowest BCUT2D eigenvalue weighted by molar-refractivity contribution is 0.0986. The van der Waals surface area contributed by atoms with Crippen LogP contribution in [0, 0.1) is 20.8 Å². The quantitative estimate of drug-likeness (QED) is 0.217. The molecule has 0 saturated heterocycles. The van der Waals surface area contributed by atoms with Gasteiger partial charge in [-0.05, 0) is 37.5 Å². The Bertz CT molecular complexity index is 1550. The summed E-state index contributed by atoms with van der Waals surface area (Å²) in [7, 11) is 0. The molecule has 0 amide bonds. The molecular weight excluding hydrogens is 488 g/mol. The largest absolute Gasteiger partial charge is 0.333 e. The zero-order valence-electron chi connectivity index (χ0n) is 23.1. The zero-order valence-corrected chi connectivity index (χ0v) is 23.9. The second kappa shape index (κ2) is 13.6. The van der Waals surface area contributed by atoms with Crippen molar-refractivity contribution < 1.29 is 4.79 Å². The number of aryl methyl sites for hydroxylation is 3. The molecule has 0 aliphatic carbocycles. The summed E-state index contributed by atoms with van der Waals surface area (Å²) in [4.78, 5) is 30.3. The molecule has 5 aromatic rings. The Hall–Kier alpha value is -3.83. The van der Waals surface area contributed by atoms with Crippen LogP contribution in [-0.4, -0.2) is 15.3 Å². The van der Waals surface area contributed by atoms with E-state index in [-0.39, 0.29) is 16.8 Å². The topological polar surface area (TPSA) is 52.0 Å². The Morgan fingerprint density at radius 1 is 0.868 bits per heavy atom. The smallest absolute Gasteiger partial charge is 0.219 e. The van der Waals surface area contributed by atoms with Crippen LogP contribution < -0.4 is 5.43 Å². The molecule has 0 aliphatic heterocycles. The Kier molecular flexibility index (Phi) is 10.3. The second-order valence-electron chi connectivity index (χ2n) is 8.84. The minimum Gasteiger partial charge on any atom is -0.333 e. The SMILES string of the molecule is CC.CCC(=O)c1cn(Cc2ccccc2-c2ccccc2)c2sc(C)nc2c1=O.Cc1cccc(C)c1. The van der Waals surface area contributed by atoms with Crippen molar-refractivity contribution >= 4 is 27.5 Å². The number of carbonyl (C=O) groups excluding carboxylic acids is 1. The van der Waals surface area contributed by atoms with Crippen molar-refractivity contribution in [2.24, 2.45) is 0 Å². The van der Waals surface area contributed by atoms with E-state index < -0.39 is 0 Å². The monoisotopic (exact) mass is 524 g/mol. The lowest BCUT2D eigenvalue weighted by Gasteiger charge is -2.14. The number of thiazole rings is 1. The summed E-state index contributed by atoms with van der Waals surface area (Å²) in [5, 5.41) is 0.818. The number of hydrogen-bond donors (Lipinski definition) is 0. The summed E-state index contributed by atoms with van der Waals surface area (Å²) < 4.78 is 1.99. The molecule has 0 saturated carbocycles. The van der Waals surface area contributed by atoms with E-state index in [1.165, 1.54) is 22.5 Å². The average Bonchev–Trinajstić information content (AvgIpc) is 3.34. The molecule has 0 radical (unpaired) electrons. The number of carbonyl (C=O) groups is 1. The highest BCUT2D eigenvalue weighted by molar-refractivity contribution is 7.18. The minimum absolute atomic E-state index is 0.150. The Morgan fingerprint density at radius 2 is 1.50 bits per heavy atom. The van der Waals surface area contributed by atoms with Crippen molar-refractivity contribution in [2.75, 3.05) is 0 Å². The normalized spacial score (nSPS) is 10.3. The highest BCUT2D eigenvalue weighted by Crippen LogP contribution is 2.27. The molecule has 5 heteroatoms. The number of fused-ring (bicyclic) bond motifs is 1. The number of pyridine rings is 1. The molecule has 2 aromatic heterocycles. The van der Waals surface area contributed by atoms with Gasteiger partial charge in [0.05, 0.1) is 10.6 Å². The van der Waals surface area contributed by atoms with Gasteiger partial charge >= 0.3 is 0 Å². The van der Waals surface area contributed by atoms with E-state index in [2.05, 4.69) is 67.4 Å². The number of nitrogens with zero attached hydrogens (tertiary/aromatic N) is 2. The standard InChI is InChI=1S/C23H20N2O2S.C8H10.C2H6/c1-3-20(26)19-14-25(23-21(22(19)27)24-15(2)28-23)13-17-11-7-8-12-18(17)16-9-5-4-6-10-16;1-7-4-3-5-8(2)6-7;1-2/h4-12,14H,3,13H2,1-2H3;3-6H,1-2H3;1-2H3. The van der Waals surface area contributed by atoms with Gasteiger partial charge < -0.3 is 4.57 Å². The number of benzene rings is 3. The molecular formula is C33H36N2O2S. The lowest BCUT2D eigenvalue weighted by atomic mass is 9.99. The van der Waals surface area contributed by atoms with Gasteiger partial charge in [0.2, 0.25) is 5.43 Å². The average molecular weight is 525 g/mol. The summed E-state index contributed by atoms with van der Waals surface area (Å²) in [6, 6.07) is 26.9. The molecule has 0 fully saturated rings. The molecule has 0 aliphatic rings. The molecule has 4 nitrogen and oxygen atoms in total. The highest BCUT2D eigenvalue weighted by atomic mass is 32.1. The maximum absolute atomic E-state index is 12.7. The number of hydrogen-bond acceptors (Lipinski definition) is 4. The molecule has 3 aromatic carbocycles. The van der Waals surface area contributed by atoms with Gasteiger partial charge in [-0.2, -0.15) is 0 Å². The molecule has 0 N–H and O–H groups in total. The van der Waals surface area contributed by atoms with Gasteiger partial charge in [-0.3, -0.25) is 9.59 Å². The van der Waals surface area contributed by atoms with E-state index in [4.69, 9.17) is 0 Å². The number of Topliss-reactive ketones (excluding diaryl/α,β-unsaturated/α-hetero) is 1. The van der Waals surface area contributed by atoms with Crippen LogP contribution in [0.4, 0.5) is 0 Å². The lowest BCUT2D eigenvalue weighted by Crippen LogP contribution is -2.19. The first-order valence-electron chi connectivity index (χ1n) is 13.1. The maximum Gasteiger partial charge on any atom is 0.219 e. The van der Waals surface area contributed by atoms with Crippen LogP contribution in [0.2, 0.25) is 0 Å². The third-order valence-corrected chi connectivity index (χ3v) is 6.97. The van der Waals surface area contributed by atoms with Gasteiger partial charge in [0.15, 0.2) is 5.78 Å². The zero-order chi connectivity index (χ0) is 27.7. The first-order valence-corrected chi connectivity index (χ1v) is 13.9. The Balaban J connectivity index is 0.000000339. The number of ketones is 1. The summed E-state index contributed by atoms with van der Waals surface area (Å²) in [6.07, 6.45) is 2.00. The molecule has 5 rings (SSSR count). The van der Waals surface area contributed by atoms with Crippen LogP contribution in [0.25, 0.3) is 21.5 Å². The van der Waals surface area contributed by atoms with Crippen LogP contribution in [0.15, 0.2) is 89.9 Å². The third kappa shape index (κ3) is 6.93. The van der Waals surface area contributed by atoms with E-state index >= 15 is 0 Å². The molecule has 0 atom stereocenters. The van der Waals surface area contributed by atoms with Gasteiger partial charge in [0, 0.05) is 19.2 Å². The second-order valence-corrected chi connectivity index (χ2v) is 10.0. The van der Waals surface area contributed by atoms with Crippen molar-refractivity contribution in [1.82, 2.24) is 9.55 Å². The van der Waals surface area contributed by atoms with Crippen LogP contribution in [0.5, 0.6) is 0 Å². The highest BCUT2D eigenvalue weighted by Gasteiger charge is 2.18. The molecule has 0 bridgehead atoms. The Morgan fingerprint density at radius 3 is 2.11 bits per heavy atom. The van der Waals surface area contributed by atoms with E-state index in [1.807, 2.05) is 55.7 Å². The van der Waals surface area contributed by atoms with Gasteiger partial charge in [-0.25, -0.2) is 4.98 Å². The van der Waals surface area contributed by atoms with E-state index in [1.54, 1.807) is 13.1 Å². The first-order chi connectivity index (χ1) is 18.4. The van der Waals surface area contributed by atoms with E-state index in [0.29, 0.717) is 18.5 Å². The van der Waals surface area contributed by atoms with Gasteiger partial charge in [-0.1, -0.05) is 111 Å². The van der Waals surface area contributed by atoms with Crippen molar-refractivity contribution in [3.63, 3.8) is 0 Å². The third-order valence-electron chi connectivity index (χ3n) is 5.96. The fourth-order valence-electron chi connectivity index (χ4n) is 4.21. The predicted octanol–water partition coefficient (Wildman–Crippen LogP) is 8.40. The molecule has 196 valence electrons. The van der Waals surface area contributed by atoms with Gasteiger partial charge in [0.1, 0.15) is 10.3 Å². The van der Waals surface area contributed by atoms with E-state index in [9.17, 15) is 9.59 Å². The van der Waals surface area contributed by atoms with Crippen molar-refractivity contribution in [3.8, 4) is 11.1 Å². The van der Waals surface area contributed by atoms with Crippen molar-refractivity contribution in [3.05, 3.63) is 123 Å². The van der Waals surface area contributed by atoms with Gasteiger partial charge in [-0.15, -0.1) is 11.3 Å². The summed E-state index contributed by atoms with van der Waals surface area (Å²) in [6.45, 7) is 12.4. The van der Waals surface area contributed by atoms with Crippen molar-refractivity contribution in [1.29, 1.82) is 0 Å². The molecule has 2 heterocycles. The van der Waals surface area contributed by atoms with Crippen LogP contribution in [-0.2, 0) is 6.54 Å². The summed E-state index contributed by atoms with van der Waals surface area (Å²) in [5.74, 6) is -0.150. The minimum atomic E-state index is -0.265. The van der Waals surface area contributed by atoms with Crippen molar-refractivity contribution in [2.45, 2.75) is 54.5 Å². The van der Waals surface area contributed by atoms with Gasteiger partial charge in [0.25, 0.3) is 0 Å².